The van der Waals surface area contributed by atoms with Crippen LogP contribution >= 0.6 is 0 Å². The summed E-state index contributed by atoms with van der Waals surface area (Å²) in [5.41, 5.74) is 1.93. The summed E-state index contributed by atoms with van der Waals surface area (Å²) >= 11 is 0. The topological polar surface area (TPSA) is 59.0 Å². The highest BCUT2D eigenvalue weighted by Gasteiger charge is 2.33. The van der Waals surface area contributed by atoms with Crippen LogP contribution in [0.3, 0.4) is 0 Å². The number of hydrogen-bond donors (Lipinski definition) is 0. The Bertz CT molecular complexity index is 1160. The maximum absolute atomic E-state index is 13.4. The number of fused-ring (bicyclic) bond motifs is 1. The zero-order valence-corrected chi connectivity index (χ0v) is 16.7. The first kappa shape index (κ1) is 18.5. The Hall–Kier alpha value is -2.86. The SMILES string of the molecule is COc1ccc(C)cc1S(=O)(=O)N1CCN=C1Cc1cccc2ccccc12. The van der Waals surface area contributed by atoms with E-state index in [1.54, 1.807) is 12.1 Å². The Morgan fingerprint density at radius 3 is 2.68 bits per heavy atom. The number of methoxy groups -OCH3 is 1. The molecule has 0 N–H and O–H groups in total. The molecule has 5 nitrogen and oxygen atoms in total. The van der Waals surface area contributed by atoms with Gasteiger partial charge in [0.1, 0.15) is 16.5 Å². The number of benzene rings is 3. The molecule has 6 heteroatoms. The molecule has 1 aliphatic heterocycles. The second kappa shape index (κ2) is 7.28. The predicted molar refractivity (Wildman–Crippen MR) is 112 cm³/mol. The first-order valence-corrected chi connectivity index (χ1v) is 10.6. The molecule has 1 heterocycles. The fourth-order valence-corrected chi connectivity index (χ4v) is 5.30. The predicted octanol–water partition coefficient (Wildman–Crippen LogP) is 3.80. The van der Waals surface area contributed by atoms with Crippen molar-refractivity contribution in [2.75, 3.05) is 20.2 Å². The molecule has 0 unspecified atom stereocenters. The van der Waals surface area contributed by atoms with Gasteiger partial charge in [-0.25, -0.2) is 8.42 Å². The summed E-state index contributed by atoms with van der Waals surface area (Å²) in [6.07, 6.45) is 0.467. The highest BCUT2D eigenvalue weighted by Crippen LogP contribution is 2.30. The van der Waals surface area contributed by atoms with Crippen molar-refractivity contribution in [1.29, 1.82) is 0 Å². The Labute approximate surface area is 165 Å². The average Bonchev–Trinajstić information content (AvgIpc) is 3.17. The van der Waals surface area contributed by atoms with Crippen molar-refractivity contribution in [3.63, 3.8) is 0 Å². The summed E-state index contributed by atoms with van der Waals surface area (Å²) in [4.78, 5) is 4.69. The second-order valence-corrected chi connectivity index (χ2v) is 8.68. The molecule has 144 valence electrons. The summed E-state index contributed by atoms with van der Waals surface area (Å²) in [5.74, 6) is 0.918. The Balaban J connectivity index is 1.71. The number of amidine groups is 1. The number of nitrogens with zero attached hydrogens (tertiary/aromatic N) is 2. The van der Waals surface area contributed by atoms with Gasteiger partial charge in [0.05, 0.1) is 20.2 Å². The van der Waals surface area contributed by atoms with Gasteiger partial charge in [-0.3, -0.25) is 9.30 Å². The van der Waals surface area contributed by atoms with Crippen molar-refractivity contribution in [2.45, 2.75) is 18.2 Å². The van der Waals surface area contributed by atoms with E-state index in [1.807, 2.05) is 37.3 Å². The molecule has 0 aliphatic carbocycles. The molecule has 0 aromatic heterocycles. The average molecular weight is 394 g/mol. The fraction of sp³-hybridized carbons (Fsp3) is 0.227. The molecule has 4 rings (SSSR count). The third-order valence-electron chi connectivity index (χ3n) is 5.00. The van der Waals surface area contributed by atoms with Crippen LogP contribution in [0.25, 0.3) is 10.8 Å². The van der Waals surface area contributed by atoms with Crippen molar-refractivity contribution < 1.29 is 13.2 Å². The molecule has 0 fully saturated rings. The van der Waals surface area contributed by atoms with Crippen LogP contribution in [0.15, 0.2) is 70.6 Å². The van der Waals surface area contributed by atoms with Gasteiger partial charge >= 0.3 is 0 Å². The number of aryl methyl sites for hydroxylation is 1. The van der Waals surface area contributed by atoms with Gasteiger partial charge in [0.15, 0.2) is 0 Å². The molecule has 0 amide bonds. The third kappa shape index (κ3) is 3.24. The lowest BCUT2D eigenvalue weighted by atomic mass is 10.0. The van der Waals surface area contributed by atoms with E-state index in [-0.39, 0.29) is 4.90 Å². The minimum Gasteiger partial charge on any atom is -0.495 e. The number of ether oxygens (including phenoxy) is 1. The van der Waals surface area contributed by atoms with E-state index < -0.39 is 10.0 Å². The van der Waals surface area contributed by atoms with Crippen molar-refractivity contribution in [1.82, 2.24) is 4.31 Å². The third-order valence-corrected chi connectivity index (χ3v) is 6.85. The number of hydrogen-bond acceptors (Lipinski definition) is 4. The van der Waals surface area contributed by atoms with E-state index in [4.69, 9.17) is 4.74 Å². The van der Waals surface area contributed by atoms with Crippen LogP contribution in [-0.2, 0) is 16.4 Å². The maximum Gasteiger partial charge on any atom is 0.269 e. The minimum atomic E-state index is -3.75. The van der Waals surface area contributed by atoms with Crippen molar-refractivity contribution >= 4 is 26.6 Å². The van der Waals surface area contributed by atoms with E-state index in [2.05, 4.69) is 23.2 Å². The van der Waals surface area contributed by atoms with Gasteiger partial charge < -0.3 is 4.74 Å². The molecule has 28 heavy (non-hydrogen) atoms. The lowest BCUT2D eigenvalue weighted by Gasteiger charge is -2.22. The molecular weight excluding hydrogens is 372 g/mol. The molecule has 0 radical (unpaired) electrons. The van der Waals surface area contributed by atoms with E-state index >= 15 is 0 Å². The van der Waals surface area contributed by atoms with Gasteiger partial charge in [-0.1, -0.05) is 48.5 Å². The number of rotatable bonds is 5. The van der Waals surface area contributed by atoms with Crippen molar-refractivity contribution in [3.8, 4) is 5.75 Å². The van der Waals surface area contributed by atoms with Gasteiger partial charge in [-0.2, -0.15) is 0 Å². The van der Waals surface area contributed by atoms with Gasteiger partial charge in [0, 0.05) is 6.42 Å². The van der Waals surface area contributed by atoms with Crippen LogP contribution in [-0.4, -0.2) is 38.8 Å². The van der Waals surface area contributed by atoms with Gasteiger partial charge in [-0.05, 0) is 41.0 Å². The van der Waals surface area contributed by atoms with Gasteiger partial charge in [0.2, 0.25) is 0 Å². The van der Waals surface area contributed by atoms with Crippen LogP contribution < -0.4 is 4.74 Å². The van der Waals surface area contributed by atoms with Crippen LogP contribution in [0.4, 0.5) is 0 Å². The van der Waals surface area contributed by atoms with E-state index in [0.29, 0.717) is 31.1 Å². The smallest absolute Gasteiger partial charge is 0.269 e. The summed E-state index contributed by atoms with van der Waals surface area (Å²) in [7, 11) is -2.26. The molecule has 0 bridgehead atoms. The number of sulfonamides is 1. The zero-order chi connectivity index (χ0) is 19.7. The summed E-state index contributed by atoms with van der Waals surface area (Å²) < 4.78 is 33.5. The first-order valence-electron chi connectivity index (χ1n) is 9.18. The molecule has 1 aliphatic rings. The highest BCUT2D eigenvalue weighted by atomic mass is 32.2. The van der Waals surface area contributed by atoms with E-state index in [9.17, 15) is 8.42 Å². The summed E-state index contributed by atoms with van der Waals surface area (Å²) in [6.45, 7) is 2.68. The standard InChI is InChI=1S/C22H22N2O3S/c1-16-10-11-20(27-2)21(14-16)28(25,26)24-13-12-23-22(24)15-18-8-5-7-17-6-3-4-9-19(17)18/h3-11,14H,12-13,15H2,1-2H3. The Morgan fingerprint density at radius 2 is 1.86 bits per heavy atom. The lowest BCUT2D eigenvalue weighted by Crippen LogP contribution is -2.35. The molecule has 0 spiro atoms. The second-order valence-electron chi connectivity index (χ2n) is 6.84. The molecular formula is C22H22N2O3S. The van der Waals surface area contributed by atoms with Crippen LogP contribution in [0.5, 0.6) is 5.75 Å². The first-order chi connectivity index (χ1) is 13.5. The highest BCUT2D eigenvalue weighted by molar-refractivity contribution is 7.89. The molecule has 0 saturated heterocycles. The Kier molecular flexibility index (Phi) is 4.81. The maximum atomic E-state index is 13.4. The van der Waals surface area contributed by atoms with E-state index in [1.165, 1.54) is 11.4 Å². The number of aliphatic imine (C=N–C) groups is 1. The summed E-state index contributed by atoms with van der Waals surface area (Å²) in [6, 6.07) is 19.4. The van der Waals surface area contributed by atoms with E-state index in [0.717, 1.165) is 21.9 Å². The van der Waals surface area contributed by atoms with Crippen molar-refractivity contribution in [3.05, 3.63) is 71.8 Å². The van der Waals surface area contributed by atoms with Crippen LogP contribution in [0.1, 0.15) is 11.1 Å². The fourth-order valence-electron chi connectivity index (χ4n) is 3.60. The Morgan fingerprint density at radius 1 is 1.07 bits per heavy atom. The van der Waals surface area contributed by atoms with Crippen LogP contribution in [0.2, 0.25) is 0 Å². The van der Waals surface area contributed by atoms with Gasteiger partial charge in [-0.15, -0.1) is 0 Å². The molecule has 0 atom stereocenters. The molecule has 3 aromatic rings. The largest absolute Gasteiger partial charge is 0.495 e. The molecule has 0 saturated carbocycles. The molecule has 3 aromatic carbocycles. The monoisotopic (exact) mass is 394 g/mol. The zero-order valence-electron chi connectivity index (χ0n) is 15.9. The van der Waals surface area contributed by atoms with Gasteiger partial charge in [0.25, 0.3) is 10.0 Å². The lowest BCUT2D eigenvalue weighted by molar-refractivity contribution is 0.401. The normalized spacial score (nSPS) is 14.4. The minimum absolute atomic E-state index is 0.183. The van der Waals surface area contributed by atoms with Crippen LogP contribution in [0, 0.1) is 6.92 Å². The quantitative estimate of drug-likeness (QED) is 0.661. The van der Waals surface area contributed by atoms with Crippen molar-refractivity contribution in [2.24, 2.45) is 4.99 Å². The summed E-state index contributed by atoms with van der Waals surface area (Å²) in [5, 5.41) is 2.25.